The molecule has 5 heteroatoms. The van der Waals surface area contributed by atoms with Gasteiger partial charge >= 0.3 is 0 Å². The Kier molecular flexibility index (Phi) is 2.96. The number of benzene rings is 1. The third-order valence-corrected chi connectivity index (χ3v) is 2.81. The molecule has 0 atom stereocenters. The summed E-state index contributed by atoms with van der Waals surface area (Å²) in [4.78, 5) is 24.3. The van der Waals surface area contributed by atoms with Crippen molar-refractivity contribution >= 4 is 39.0 Å². The largest absolute Gasteiger partial charge is 0.353 e. The molecule has 0 aromatic heterocycles. The summed E-state index contributed by atoms with van der Waals surface area (Å²) in [5.41, 5.74) is 1.63. The summed E-state index contributed by atoms with van der Waals surface area (Å²) in [6.45, 7) is 2.02. The quantitative estimate of drug-likeness (QED) is 0.900. The zero-order valence-electron chi connectivity index (χ0n) is 8.79. The summed E-state index contributed by atoms with van der Waals surface area (Å²) in [7, 11) is 0. The van der Waals surface area contributed by atoms with Crippen LogP contribution in [0, 0.1) is 0 Å². The van der Waals surface area contributed by atoms with Crippen molar-refractivity contribution in [2.45, 2.75) is 6.92 Å². The van der Waals surface area contributed by atoms with E-state index in [1.165, 1.54) is 6.92 Å². The van der Waals surface area contributed by atoms with Gasteiger partial charge < -0.3 is 10.2 Å². The number of ketones is 1. The molecule has 84 valence electrons. The lowest BCUT2D eigenvalue weighted by molar-refractivity contribution is -0.116. The van der Waals surface area contributed by atoms with Crippen molar-refractivity contribution in [3.05, 3.63) is 22.7 Å². The fourth-order valence-electron chi connectivity index (χ4n) is 1.74. The summed E-state index contributed by atoms with van der Waals surface area (Å²) in [6, 6.07) is 5.62. The molecule has 4 nitrogen and oxygen atoms in total. The van der Waals surface area contributed by atoms with Gasteiger partial charge in [-0.3, -0.25) is 9.59 Å². The van der Waals surface area contributed by atoms with Crippen LogP contribution in [0.25, 0.3) is 0 Å². The van der Waals surface area contributed by atoms with E-state index in [0.29, 0.717) is 0 Å². The number of rotatable bonds is 2. The molecule has 0 saturated heterocycles. The molecule has 2 rings (SSSR count). The van der Waals surface area contributed by atoms with Gasteiger partial charge in [0.25, 0.3) is 0 Å². The Balaban J connectivity index is 2.37. The van der Waals surface area contributed by atoms with Gasteiger partial charge in [-0.2, -0.15) is 0 Å². The van der Waals surface area contributed by atoms with Gasteiger partial charge in [0.2, 0.25) is 5.91 Å². The predicted octanol–water partition coefficient (Wildman–Crippen LogP) is 1.80. The first-order valence-corrected chi connectivity index (χ1v) is 5.69. The van der Waals surface area contributed by atoms with Crippen LogP contribution in [0.3, 0.4) is 0 Å². The molecule has 1 aromatic rings. The van der Waals surface area contributed by atoms with Gasteiger partial charge in [-0.25, -0.2) is 0 Å². The van der Waals surface area contributed by atoms with Crippen LogP contribution in [0.1, 0.15) is 6.92 Å². The average molecular weight is 283 g/mol. The van der Waals surface area contributed by atoms with Gasteiger partial charge in [0.05, 0.1) is 24.5 Å². The average Bonchev–Trinajstić information content (AvgIpc) is 2.15. The highest BCUT2D eigenvalue weighted by atomic mass is 79.9. The van der Waals surface area contributed by atoms with Gasteiger partial charge in [0.1, 0.15) is 5.78 Å². The molecule has 0 unspecified atom stereocenters. The molecule has 1 aliphatic rings. The highest BCUT2D eigenvalue weighted by molar-refractivity contribution is 9.10. The Morgan fingerprint density at radius 3 is 3.00 bits per heavy atom. The second-order valence-electron chi connectivity index (χ2n) is 3.77. The van der Waals surface area contributed by atoms with Crippen molar-refractivity contribution in [1.29, 1.82) is 0 Å². The zero-order valence-corrected chi connectivity index (χ0v) is 10.4. The third-order valence-electron chi connectivity index (χ3n) is 2.32. The maximum atomic E-state index is 11.4. The van der Waals surface area contributed by atoms with E-state index >= 15 is 0 Å². The second kappa shape index (κ2) is 4.25. The number of nitrogens with one attached hydrogen (secondary N) is 1. The number of hydrogen-bond acceptors (Lipinski definition) is 3. The summed E-state index contributed by atoms with van der Waals surface area (Å²) in [6.07, 6.45) is 0. The second-order valence-corrected chi connectivity index (χ2v) is 4.68. The van der Waals surface area contributed by atoms with E-state index in [1.54, 1.807) is 4.90 Å². The molecule has 16 heavy (non-hydrogen) atoms. The summed E-state index contributed by atoms with van der Waals surface area (Å²) < 4.78 is 0.899. The number of fused-ring (bicyclic) bond motifs is 1. The lowest BCUT2D eigenvalue weighted by Crippen LogP contribution is -2.40. The minimum atomic E-state index is -0.0909. The standard InChI is InChI=1S/C11H11BrN2O2/c1-7(15)5-14-6-11(16)13-9-4-8(12)2-3-10(9)14/h2-4H,5-6H2,1H3,(H,13,16). The molecule has 0 aliphatic carbocycles. The highest BCUT2D eigenvalue weighted by Gasteiger charge is 2.22. The zero-order chi connectivity index (χ0) is 11.7. The van der Waals surface area contributed by atoms with E-state index in [0.717, 1.165) is 15.8 Å². The molecular formula is C11H11BrN2O2. The number of Topliss-reactive ketones (excluding diaryl/α,β-unsaturated/α-hetero) is 1. The lowest BCUT2D eigenvalue weighted by atomic mass is 10.2. The first-order chi connectivity index (χ1) is 7.56. The fraction of sp³-hybridized carbons (Fsp3) is 0.273. The van der Waals surface area contributed by atoms with Crippen molar-refractivity contribution in [1.82, 2.24) is 0 Å². The molecule has 1 aliphatic heterocycles. The Morgan fingerprint density at radius 2 is 2.31 bits per heavy atom. The SMILES string of the molecule is CC(=O)CN1CC(=O)Nc2cc(Br)ccc21. The molecule has 1 heterocycles. The predicted molar refractivity (Wildman–Crippen MR) is 65.7 cm³/mol. The van der Waals surface area contributed by atoms with E-state index in [4.69, 9.17) is 0 Å². The molecule has 1 amide bonds. The van der Waals surface area contributed by atoms with Gasteiger partial charge in [-0.15, -0.1) is 0 Å². The number of nitrogens with zero attached hydrogens (tertiary/aromatic N) is 1. The van der Waals surface area contributed by atoms with Crippen molar-refractivity contribution in [3.8, 4) is 0 Å². The highest BCUT2D eigenvalue weighted by Crippen LogP contribution is 2.31. The molecular weight excluding hydrogens is 272 g/mol. The topological polar surface area (TPSA) is 49.4 Å². The van der Waals surface area contributed by atoms with Crippen LogP contribution in [-0.2, 0) is 9.59 Å². The lowest BCUT2D eigenvalue weighted by Gasteiger charge is -2.30. The van der Waals surface area contributed by atoms with Crippen molar-refractivity contribution in [3.63, 3.8) is 0 Å². The summed E-state index contributed by atoms with van der Waals surface area (Å²) in [5, 5.41) is 2.78. The van der Waals surface area contributed by atoms with E-state index < -0.39 is 0 Å². The number of carbonyl (C=O) groups excluding carboxylic acids is 2. The van der Waals surface area contributed by atoms with Gasteiger partial charge in [-0.05, 0) is 25.1 Å². The molecule has 1 aromatic carbocycles. The summed E-state index contributed by atoms with van der Waals surface area (Å²) >= 11 is 3.34. The first-order valence-electron chi connectivity index (χ1n) is 4.90. The van der Waals surface area contributed by atoms with Crippen molar-refractivity contribution in [2.75, 3.05) is 23.3 Å². The number of halogens is 1. The number of amides is 1. The van der Waals surface area contributed by atoms with E-state index in [2.05, 4.69) is 21.2 Å². The Morgan fingerprint density at radius 1 is 1.56 bits per heavy atom. The summed E-state index contributed by atoms with van der Waals surface area (Å²) in [5.74, 6) is -0.0459. The van der Waals surface area contributed by atoms with E-state index in [-0.39, 0.29) is 24.8 Å². The minimum Gasteiger partial charge on any atom is -0.353 e. The molecule has 0 saturated carbocycles. The maximum absolute atomic E-state index is 11.4. The molecule has 0 fully saturated rings. The Hall–Kier alpha value is -1.36. The van der Waals surface area contributed by atoms with Gasteiger partial charge in [0, 0.05) is 4.47 Å². The van der Waals surface area contributed by atoms with Gasteiger partial charge in [0.15, 0.2) is 0 Å². The molecule has 0 bridgehead atoms. The van der Waals surface area contributed by atoms with Crippen LogP contribution >= 0.6 is 15.9 Å². The molecule has 1 N–H and O–H groups in total. The van der Waals surface area contributed by atoms with Crippen molar-refractivity contribution in [2.24, 2.45) is 0 Å². The number of hydrogen-bond donors (Lipinski definition) is 1. The van der Waals surface area contributed by atoms with Crippen LogP contribution in [0.2, 0.25) is 0 Å². The van der Waals surface area contributed by atoms with E-state index in [1.807, 2.05) is 18.2 Å². The van der Waals surface area contributed by atoms with Gasteiger partial charge in [-0.1, -0.05) is 15.9 Å². The fourth-order valence-corrected chi connectivity index (χ4v) is 2.10. The molecule has 0 spiro atoms. The van der Waals surface area contributed by atoms with E-state index in [9.17, 15) is 9.59 Å². The normalized spacial score (nSPS) is 14.4. The van der Waals surface area contributed by atoms with Crippen LogP contribution in [0.5, 0.6) is 0 Å². The first kappa shape index (κ1) is 11.1. The van der Waals surface area contributed by atoms with Crippen LogP contribution in [-0.4, -0.2) is 24.8 Å². The number of carbonyl (C=O) groups is 2. The Labute approximate surface area is 102 Å². The maximum Gasteiger partial charge on any atom is 0.243 e. The smallest absolute Gasteiger partial charge is 0.243 e. The van der Waals surface area contributed by atoms with Crippen LogP contribution in [0.4, 0.5) is 11.4 Å². The minimum absolute atomic E-state index is 0.0450. The Bertz CT molecular complexity index is 459. The van der Waals surface area contributed by atoms with Crippen LogP contribution < -0.4 is 10.2 Å². The number of anilines is 2. The van der Waals surface area contributed by atoms with Crippen molar-refractivity contribution < 1.29 is 9.59 Å². The molecule has 0 radical (unpaired) electrons. The monoisotopic (exact) mass is 282 g/mol. The van der Waals surface area contributed by atoms with Crippen LogP contribution in [0.15, 0.2) is 22.7 Å². The third kappa shape index (κ3) is 2.24.